The predicted molar refractivity (Wildman–Crippen MR) is 59.9 cm³/mol. The van der Waals surface area contributed by atoms with Crippen LogP contribution in [0.4, 0.5) is 0 Å². The van der Waals surface area contributed by atoms with E-state index in [1.54, 1.807) is 13.0 Å². The van der Waals surface area contributed by atoms with Crippen molar-refractivity contribution < 1.29 is 19.0 Å². The van der Waals surface area contributed by atoms with E-state index < -0.39 is 5.79 Å². The third-order valence-corrected chi connectivity index (χ3v) is 2.34. The number of hydrogen-bond donors (Lipinski definition) is 0. The molecule has 2 atom stereocenters. The summed E-state index contributed by atoms with van der Waals surface area (Å²) in [6, 6.07) is 0. The molecule has 16 heavy (non-hydrogen) atoms. The molecule has 1 aliphatic rings. The Labute approximate surface area is 96.6 Å². The summed E-state index contributed by atoms with van der Waals surface area (Å²) >= 11 is 0. The fourth-order valence-corrected chi connectivity index (χ4v) is 1.82. The molecule has 1 rings (SSSR count). The van der Waals surface area contributed by atoms with Gasteiger partial charge in [-0.05, 0) is 20.8 Å². The molecule has 0 aliphatic carbocycles. The molecule has 92 valence electrons. The number of carbonyl (C=O) groups excluding carboxylic acids is 1. The summed E-state index contributed by atoms with van der Waals surface area (Å²) in [5, 5.41) is 0. The van der Waals surface area contributed by atoms with Gasteiger partial charge in [-0.1, -0.05) is 6.08 Å². The maximum atomic E-state index is 11.3. The average molecular weight is 228 g/mol. The second-order valence-electron chi connectivity index (χ2n) is 4.28. The van der Waals surface area contributed by atoms with Crippen LogP contribution in [0.25, 0.3) is 0 Å². The molecule has 4 heteroatoms. The zero-order chi connectivity index (χ0) is 12.2. The summed E-state index contributed by atoms with van der Waals surface area (Å²) in [5.41, 5.74) is 0. The number of hydrogen-bond acceptors (Lipinski definition) is 4. The summed E-state index contributed by atoms with van der Waals surface area (Å²) in [6.45, 7) is 9.56. The van der Waals surface area contributed by atoms with Crippen LogP contribution < -0.4 is 0 Å². The number of esters is 1. The van der Waals surface area contributed by atoms with Crippen molar-refractivity contribution in [3.05, 3.63) is 12.7 Å². The van der Waals surface area contributed by atoms with Crippen LogP contribution in [0.3, 0.4) is 0 Å². The van der Waals surface area contributed by atoms with Gasteiger partial charge in [-0.2, -0.15) is 0 Å². The number of ether oxygens (including phenoxy) is 3. The minimum Gasteiger partial charge on any atom is -0.466 e. The average Bonchev–Trinajstić information content (AvgIpc) is 2.15. The summed E-state index contributed by atoms with van der Waals surface area (Å²) in [5.74, 6) is -0.901. The second kappa shape index (κ2) is 5.46. The summed E-state index contributed by atoms with van der Waals surface area (Å²) in [7, 11) is 0. The molecule has 0 aromatic heterocycles. The lowest BCUT2D eigenvalue weighted by atomic mass is 10.1. The zero-order valence-corrected chi connectivity index (χ0v) is 10.2. The summed E-state index contributed by atoms with van der Waals surface area (Å²) in [6.07, 6.45) is 2.42. The SMILES string of the molecule is C=CC1CC(CC(=O)OCC)OC(C)(C)O1. The van der Waals surface area contributed by atoms with Gasteiger partial charge in [0.15, 0.2) is 5.79 Å². The molecule has 4 nitrogen and oxygen atoms in total. The molecular formula is C12H20O4. The third kappa shape index (κ3) is 3.94. The lowest BCUT2D eigenvalue weighted by Gasteiger charge is -2.39. The van der Waals surface area contributed by atoms with Crippen molar-refractivity contribution in [2.45, 2.75) is 51.6 Å². The Morgan fingerprint density at radius 3 is 2.81 bits per heavy atom. The van der Waals surface area contributed by atoms with E-state index in [2.05, 4.69) is 6.58 Å². The maximum absolute atomic E-state index is 11.3. The highest BCUT2D eigenvalue weighted by atomic mass is 16.7. The number of carbonyl (C=O) groups is 1. The molecule has 0 amide bonds. The first-order chi connectivity index (χ1) is 7.46. The molecule has 0 aromatic rings. The van der Waals surface area contributed by atoms with Gasteiger partial charge < -0.3 is 14.2 Å². The standard InChI is InChI=1S/C12H20O4/c1-5-9-7-10(8-11(13)14-6-2)16-12(3,4)15-9/h5,9-10H,1,6-8H2,2-4H3. The van der Waals surface area contributed by atoms with E-state index in [-0.39, 0.29) is 24.6 Å². The molecule has 1 fully saturated rings. The van der Waals surface area contributed by atoms with E-state index in [1.807, 2.05) is 13.8 Å². The Morgan fingerprint density at radius 2 is 2.25 bits per heavy atom. The van der Waals surface area contributed by atoms with Crippen LogP contribution in [0.15, 0.2) is 12.7 Å². The Bertz CT molecular complexity index is 260. The molecule has 0 aromatic carbocycles. The van der Waals surface area contributed by atoms with Crippen molar-refractivity contribution in [1.29, 1.82) is 0 Å². The van der Waals surface area contributed by atoms with Gasteiger partial charge in [0.2, 0.25) is 0 Å². The fourth-order valence-electron chi connectivity index (χ4n) is 1.82. The molecular weight excluding hydrogens is 208 g/mol. The first-order valence-electron chi connectivity index (χ1n) is 5.60. The smallest absolute Gasteiger partial charge is 0.308 e. The summed E-state index contributed by atoms with van der Waals surface area (Å²) in [4.78, 5) is 11.3. The molecule has 0 bridgehead atoms. The van der Waals surface area contributed by atoms with Crippen molar-refractivity contribution in [2.75, 3.05) is 6.61 Å². The first-order valence-corrected chi connectivity index (χ1v) is 5.60. The monoisotopic (exact) mass is 228 g/mol. The van der Waals surface area contributed by atoms with Crippen molar-refractivity contribution in [3.63, 3.8) is 0 Å². The molecule has 0 saturated carbocycles. The topological polar surface area (TPSA) is 44.8 Å². The van der Waals surface area contributed by atoms with Gasteiger partial charge in [0, 0.05) is 6.42 Å². The predicted octanol–water partition coefficient (Wildman–Crippen LogP) is 2.04. The Hall–Kier alpha value is -0.870. The summed E-state index contributed by atoms with van der Waals surface area (Å²) < 4.78 is 16.2. The molecule has 1 aliphatic heterocycles. The molecule has 0 radical (unpaired) electrons. The normalized spacial score (nSPS) is 28.4. The lowest BCUT2D eigenvalue weighted by molar-refractivity contribution is -0.290. The fraction of sp³-hybridized carbons (Fsp3) is 0.750. The van der Waals surface area contributed by atoms with Crippen LogP contribution in [0.1, 0.15) is 33.6 Å². The Balaban J connectivity index is 2.53. The highest BCUT2D eigenvalue weighted by molar-refractivity contribution is 5.69. The van der Waals surface area contributed by atoms with Crippen LogP contribution >= 0.6 is 0 Å². The van der Waals surface area contributed by atoms with Gasteiger partial charge >= 0.3 is 5.97 Å². The third-order valence-electron chi connectivity index (χ3n) is 2.34. The molecule has 0 N–H and O–H groups in total. The minimum atomic E-state index is -0.672. The molecule has 1 heterocycles. The maximum Gasteiger partial charge on any atom is 0.308 e. The highest BCUT2D eigenvalue weighted by Crippen LogP contribution is 2.28. The van der Waals surface area contributed by atoms with Crippen molar-refractivity contribution in [1.82, 2.24) is 0 Å². The first kappa shape index (κ1) is 13.2. The van der Waals surface area contributed by atoms with Crippen LogP contribution in [0.2, 0.25) is 0 Å². The minimum absolute atomic E-state index is 0.0665. The van der Waals surface area contributed by atoms with E-state index in [0.29, 0.717) is 13.0 Å². The van der Waals surface area contributed by atoms with Crippen LogP contribution in [0.5, 0.6) is 0 Å². The van der Waals surface area contributed by atoms with E-state index in [9.17, 15) is 4.79 Å². The van der Waals surface area contributed by atoms with Gasteiger partial charge in [0.05, 0.1) is 25.2 Å². The van der Waals surface area contributed by atoms with Gasteiger partial charge in [-0.25, -0.2) is 0 Å². The van der Waals surface area contributed by atoms with Crippen molar-refractivity contribution in [3.8, 4) is 0 Å². The van der Waals surface area contributed by atoms with Crippen LogP contribution in [-0.4, -0.2) is 30.6 Å². The molecule has 2 unspecified atom stereocenters. The van der Waals surface area contributed by atoms with Gasteiger partial charge in [0.1, 0.15) is 0 Å². The highest BCUT2D eigenvalue weighted by Gasteiger charge is 2.35. The van der Waals surface area contributed by atoms with E-state index in [1.165, 1.54) is 0 Å². The lowest BCUT2D eigenvalue weighted by Crippen LogP contribution is -2.44. The Kier molecular flexibility index (Phi) is 4.50. The van der Waals surface area contributed by atoms with Gasteiger partial charge in [0.25, 0.3) is 0 Å². The molecule has 1 saturated heterocycles. The zero-order valence-electron chi connectivity index (χ0n) is 10.2. The van der Waals surface area contributed by atoms with Gasteiger partial charge in [-0.3, -0.25) is 4.79 Å². The van der Waals surface area contributed by atoms with Gasteiger partial charge in [-0.15, -0.1) is 6.58 Å². The van der Waals surface area contributed by atoms with Crippen molar-refractivity contribution in [2.24, 2.45) is 0 Å². The number of rotatable bonds is 4. The van der Waals surface area contributed by atoms with Crippen molar-refractivity contribution >= 4 is 5.97 Å². The quantitative estimate of drug-likeness (QED) is 0.545. The molecule has 0 spiro atoms. The second-order valence-corrected chi connectivity index (χ2v) is 4.28. The van der Waals surface area contributed by atoms with E-state index >= 15 is 0 Å². The van der Waals surface area contributed by atoms with E-state index in [4.69, 9.17) is 14.2 Å². The van der Waals surface area contributed by atoms with Crippen LogP contribution in [-0.2, 0) is 19.0 Å². The Morgan fingerprint density at radius 1 is 1.56 bits per heavy atom. The largest absolute Gasteiger partial charge is 0.466 e. The van der Waals surface area contributed by atoms with Crippen LogP contribution in [0, 0.1) is 0 Å². The van der Waals surface area contributed by atoms with E-state index in [0.717, 1.165) is 0 Å².